The van der Waals surface area contributed by atoms with Gasteiger partial charge in [0.15, 0.2) is 0 Å². The van der Waals surface area contributed by atoms with Crippen LogP contribution in [0.25, 0.3) is 16.9 Å². The largest absolute Gasteiger partial charge is 0.426 e. The van der Waals surface area contributed by atoms with Crippen molar-refractivity contribution in [3.8, 4) is 17.0 Å². The fraction of sp³-hybridized carbons (Fsp3) is 0.259. The molecule has 0 spiro atoms. The first-order valence-electron chi connectivity index (χ1n) is 11.2. The van der Waals surface area contributed by atoms with Crippen LogP contribution in [0.1, 0.15) is 43.7 Å². The minimum absolute atomic E-state index is 0.204. The second-order valence-electron chi connectivity index (χ2n) is 8.01. The predicted octanol–water partition coefficient (Wildman–Crippen LogP) is 6.41. The Hall–Kier alpha value is -3.60. The molecular formula is C27H29N3O2. The Balaban J connectivity index is 1.70. The summed E-state index contributed by atoms with van der Waals surface area (Å²) in [5.41, 5.74) is 4.73. The SMILES string of the molecule is CCCCCC(=O)Oc1ccccc1-c1nc2cc(C)ccn2c1NCc1ccccc1. The Bertz CT molecular complexity index is 1200. The Morgan fingerprint density at radius 3 is 2.62 bits per heavy atom. The van der Waals surface area contributed by atoms with Gasteiger partial charge < -0.3 is 10.1 Å². The lowest BCUT2D eigenvalue weighted by Crippen LogP contribution is -2.09. The molecule has 4 rings (SSSR count). The first kappa shape index (κ1) is 21.6. The zero-order valence-corrected chi connectivity index (χ0v) is 18.7. The maximum absolute atomic E-state index is 12.4. The van der Waals surface area contributed by atoms with Gasteiger partial charge in [-0.1, -0.05) is 62.2 Å². The maximum atomic E-state index is 12.4. The minimum Gasteiger partial charge on any atom is -0.426 e. The topological polar surface area (TPSA) is 55.6 Å². The van der Waals surface area contributed by atoms with Crippen LogP contribution < -0.4 is 10.1 Å². The normalized spacial score (nSPS) is 10.9. The molecule has 0 aliphatic carbocycles. The highest BCUT2D eigenvalue weighted by Crippen LogP contribution is 2.36. The Labute approximate surface area is 189 Å². The van der Waals surface area contributed by atoms with Crippen molar-refractivity contribution in [1.29, 1.82) is 0 Å². The van der Waals surface area contributed by atoms with Crippen LogP contribution in [0.5, 0.6) is 5.75 Å². The molecule has 0 unspecified atom stereocenters. The quantitative estimate of drug-likeness (QED) is 0.191. The van der Waals surface area contributed by atoms with E-state index in [2.05, 4.69) is 43.4 Å². The van der Waals surface area contributed by atoms with E-state index in [1.54, 1.807) is 0 Å². The number of nitrogens with zero attached hydrogens (tertiary/aromatic N) is 2. The number of ether oxygens (including phenoxy) is 1. The van der Waals surface area contributed by atoms with Crippen molar-refractivity contribution < 1.29 is 9.53 Å². The lowest BCUT2D eigenvalue weighted by molar-refractivity contribution is -0.134. The number of fused-ring (bicyclic) bond motifs is 1. The highest BCUT2D eigenvalue weighted by Gasteiger charge is 2.19. The van der Waals surface area contributed by atoms with Crippen molar-refractivity contribution in [2.24, 2.45) is 0 Å². The molecular weight excluding hydrogens is 398 g/mol. The molecule has 164 valence electrons. The monoisotopic (exact) mass is 427 g/mol. The van der Waals surface area contributed by atoms with E-state index in [-0.39, 0.29) is 5.97 Å². The number of para-hydroxylation sites is 1. The van der Waals surface area contributed by atoms with Crippen molar-refractivity contribution in [1.82, 2.24) is 9.38 Å². The van der Waals surface area contributed by atoms with E-state index in [9.17, 15) is 4.79 Å². The number of pyridine rings is 1. The van der Waals surface area contributed by atoms with Crippen LogP contribution in [0, 0.1) is 6.92 Å². The van der Waals surface area contributed by atoms with Crippen molar-refractivity contribution in [2.45, 2.75) is 46.1 Å². The molecule has 0 aliphatic rings. The molecule has 0 radical (unpaired) electrons. The average molecular weight is 428 g/mol. The second-order valence-corrected chi connectivity index (χ2v) is 8.01. The van der Waals surface area contributed by atoms with Crippen molar-refractivity contribution >= 4 is 17.4 Å². The van der Waals surface area contributed by atoms with Crippen LogP contribution >= 0.6 is 0 Å². The molecule has 0 amide bonds. The number of unbranched alkanes of at least 4 members (excludes halogenated alkanes) is 2. The van der Waals surface area contributed by atoms with Crippen LogP contribution in [0.4, 0.5) is 5.82 Å². The van der Waals surface area contributed by atoms with Gasteiger partial charge in [0.1, 0.15) is 22.9 Å². The molecule has 0 fully saturated rings. The molecule has 32 heavy (non-hydrogen) atoms. The number of carbonyl (C=O) groups excluding carboxylic acids is 1. The number of aryl methyl sites for hydroxylation is 1. The smallest absolute Gasteiger partial charge is 0.311 e. The van der Waals surface area contributed by atoms with E-state index < -0.39 is 0 Å². The van der Waals surface area contributed by atoms with Gasteiger partial charge in [0.2, 0.25) is 0 Å². The summed E-state index contributed by atoms with van der Waals surface area (Å²) >= 11 is 0. The molecule has 0 atom stereocenters. The molecule has 5 nitrogen and oxygen atoms in total. The van der Waals surface area contributed by atoms with Crippen molar-refractivity contribution in [3.05, 3.63) is 84.1 Å². The van der Waals surface area contributed by atoms with E-state index in [0.29, 0.717) is 18.7 Å². The number of imidazole rings is 1. The minimum atomic E-state index is -0.204. The fourth-order valence-corrected chi connectivity index (χ4v) is 3.73. The number of benzene rings is 2. The number of carbonyl (C=O) groups is 1. The van der Waals surface area contributed by atoms with Gasteiger partial charge in [0.25, 0.3) is 0 Å². The van der Waals surface area contributed by atoms with Gasteiger partial charge in [0.05, 0.1) is 0 Å². The number of rotatable bonds is 9. The zero-order chi connectivity index (χ0) is 22.3. The van der Waals surface area contributed by atoms with Crippen LogP contribution in [0.2, 0.25) is 0 Å². The lowest BCUT2D eigenvalue weighted by atomic mass is 10.1. The fourth-order valence-electron chi connectivity index (χ4n) is 3.73. The zero-order valence-electron chi connectivity index (χ0n) is 18.7. The highest BCUT2D eigenvalue weighted by molar-refractivity contribution is 5.83. The van der Waals surface area contributed by atoms with E-state index in [4.69, 9.17) is 9.72 Å². The summed E-state index contributed by atoms with van der Waals surface area (Å²) < 4.78 is 7.81. The predicted molar refractivity (Wildman–Crippen MR) is 129 cm³/mol. The third kappa shape index (κ3) is 4.99. The summed E-state index contributed by atoms with van der Waals surface area (Å²) in [6, 6.07) is 22.0. The summed E-state index contributed by atoms with van der Waals surface area (Å²) in [5.74, 6) is 1.21. The van der Waals surface area contributed by atoms with E-state index in [1.807, 2.05) is 53.1 Å². The Morgan fingerprint density at radius 2 is 1.81 bits per heavy atom. The van der Waals surface area contributed by atoms with E-state index in [0.717, 1.165) is 47.5 Å². The number of hydrogen-bond donors (Lipinski definition) is 1. The summed E-state index contributed by atoms with van der Waals surface area (Å²) in [4.78, 5) is 17.3. The van der Waals surface area contributed by atoms with Gasteiger partial charge in [-0.05, 0) is 48.7 Å². The number of anilines is 1. The second kappa shape index (κ2) is 10.1. The Kier molecular flexibility index (Phi) is 6.85. The van der Waals surface area contributed by atoms with Gasteiger partial charge in [-0.3, -0.25) is 9.20 Å². The molecule has 4 aromatic rings. The molecule has 2 aromatic heterocycles. The van der Waals surface area contributed by atoms with Gasteiger partial charge in [-0.25, -0.2) is 4.98 Å². The van der Waals surface area contributed by atoms with Crippen LogP contribution in [-0.4, -0.2) is 15.4 Å². The molecule has 0 bridgehead atoms. The summed E-state index contributed by atoms with van der Waals surface area (Å²) in [7, 11) is 0. The molecule has 2 heterocycles. The molecule has 0 aliphatic heterocycles. The standard InChI is InChI=1S/C27H29N3O2/c1-3-4-6-15-25(31)32-23-14-10-9-13-22(23)26-27(28-19-21-11-7-5-8-12-21)30-17-16-20(2)18-24(30)29-26/h5,7-14,16-18,28H,3-4,6,15,19H2,1-2H3. The lowest BCUT2D eigenvalue weighted by Gasteiger charge is -2.12. The van der Waals surface area contributed by atoms with Gasteiger partial charge in [-0.15, -0.1) is 0 Å². The van der Waals surface area contributed by atoms with Crippen LogP contribution in [0.15, 0.2) is 72.9 Å². The number of aromatic nitrogens is 2. The number of nitrogens with one attached hydrogen (secondary N) is 1. The third-order valence-corrected chi connectivity index (χ3v) is 5.43. The molecule has 0 saturated carbocycles. The van der Waals surface area contributed by atoms with Crippen LogP contribution in [-0.2, 0) is 11.3 Å². The molecule has 5 heteroatoms. The first-order valence-corrected chi connectivity index (χ1v) is 11.2. The van der Waals surface area contributed by atoms with Crippen LogP contribution in [0.3, 0.4) is 0 Å². The summed E-state index contributed by atoms with van der Waals surface area (Å²) in [6.07, 6.45) is 5.38. The number of hydrogen-bond acceptors (Lipinski definition) is 4. The first-order chi connectivity index (χ1) is 15.7. The number of esters is 1. The maximum Gasteiger partial charge on any atom is 0.311 e. The van der Waals surface area contributed by atoms with Gasteiger partial charge in [-0.2, -0.15) is 0 Å². The van der Waals surface area contributed by atoms with Crippen molar-refractivity contribution in [3.63, 3.8) is 0 Å². The van der Waals surface area contributed by atoms with E-state index in [1.165, 1.54) is 5.56 Å². The van der Waals surface area contributed by atoms with E-state index >= 15 is 0 Å². The summed E-state index contributed by atoms with van der Waals surface area (Å²) in [5, 5.41) is 3.55. The highest BCUT2D eigenvalue weighted by atomic mass is 16.5. The third-order valence-electron chi connectivity index (χ3n) is 5.43. The molecule has 1 N–H and O–H groups in total. The van der Waals surface area contributed by atoms with Gasteiger partial charge in [0, 0.05) is 24.7 Å². The Morgan fingerprint density at radius 1 is 1.03 bits per heavy atom. The summed E-state index contributed by atoms with van der Waals surface area (Å²) in [6.45, 7) is 4.83. The average Bonchev–Trinajstić information content (AvgIpc) is 3.16. The van der Waals surface area contributed by atoms with Gasteiger partial charge >= 0.3 is 5.97 Å². The molecule has 0 saturated heterocycles. The van der Waals surface area contributed by atoms with Crippen molar-refractivity contribution in [2.75, 3.05) is 5.32 Å². The molecule has 2 aromatic carbocycles.